The number of rotatable bonds is 5. The number of hydrogen-bond donors (Lipinski definition) is 1. The van der Waals surface area contributed by atoms with Gasteiger partial charge in [-0.05, 0) is 55.9 Å². The first-order valence-electron chi connectivity index (χ1n) is 7.37. The molecule has 1 N–H and O–H groups in total. The molecule has 1 unspecified atom stereocenters. The van der Waals surface area contributed by atoms with E-state index in [-0.39, 0.29) is 12.5 Å². The van der Waals surface area contributed by atoms with E-state index in [0.29, 0.717) is 11.7 Å². The van der Waals surface area contributed by atoms with Gasteiger partial charge in [-0.1, -0.05) is 15.9 Å². The third kappa shape index (κ3) is 5.01. The van der Waals surface area contributed by atoms with Gasteiger partial charge in [0.25, 0.3) is 0 Å². The summed E-state index contributed by atoms with van der Waals surface area (Å²) in [6, 6.07) is 6.14. The van der Waals surface area contributed by atoms with Crippen LogP contribution in [0.4, 0.5) is 0 Å². The summed E-state index contributed by atoms with van der Waals surface area (Å²) in [5, 5.41) is 9.04. The normalized spacial score (nSPS) is 18.8. The van der Waals surface area contributed by atoms with Gasteiger partial charge in [0.05, 0.1) is 5.75 Å². The standard InChI is InChI=1S/C16H22BrNO2S/c1-12-9-14(17)4-5-15(12)21-11-16(20)18-7-2-3-13(10-18)6-8-19/h4-5,9,13,19H,2-3,6-8,10-11H2,1H3. The molecular weight excluding hydrogens is 350 g/mol. The zero-order valence-corrected chi connectivity index (χ0v) is 14.8. The summed E-state index contributed by atoms with van der Waals surface area (Å²) in [6.07, 6.45) is 2.99. The third-order valence-electron chi connectivity index (χ3n) is 3.90. The highest BCUT2D eigenvalue weighted by Crippen LogP contribution is 2.26. The van der Waals surface area contributed by atoms with Gasteiger partial charge in [-0.15, -0.1) is 11.8 Å². The first kappa shape index (κ1) is 16.8. The summed E-state index contributed by atoms with van der Waals surface area (Å²) in [7, 11) is 0. The molecule has 116 valence electrons. The molecule has 1 aromatic carbocycles. The van der Waals surface area contributed by atoms with Gasteiger partial charge < -0.3 is 10.0 Å². The highest BCUT2D eigenvalue weighted by atomic mass is 79.9. The van der Waals surface area contributed by atoms with Crippen LogP contribution in [0.3, 0.4) is 0 Å². The Labute approximate surface area is 139 Å². The Morgan fingerprint density at radius 3 is 3.05 bits per heavy atom. The van der Waals surface area contributed by atoms with E-state index >= 15 is 0 Å². The number of hydrogen-bond acceptors (Lipinski definition) is 3. The summed E-state index contributed by atoms with van der Waals surface area (Å²) in [5.74, 6) is 1.17. The predicted octanol–water partition coefficient (Wildman–Crippen LogP) is 3.47. The molecule has 2 rings (SSSR count). The lowest BCUT2D eigenvalue weighted by molar-refractivity contribution is -0.130. The molecule has 3 nitrogen and oxygen atoms in total. The van der Waals surface area contributed by atoms with Crippen molar-refractivity contribution in [3.8, 4) is 0 Å². The highest BCUT2D eigenvalue weighted by molar-refractivity contribution is 9.10. The van der Waals surface area contributed by atoms with Crippen LogP contribution in [0.25, 0.3) is 0 Å². The van der Waals surface area contributed by atoms with E-state index in [9.17, 15) is 4.79 Å². The van der Waals surface area contributed by atoms with E-state index in [1.807, 2.05) is 11.0 Å². The first-order chi connectivity index (χ1) is 10.1. The van der Waals surface area contributed by atoms with Crippen LogP contribution in [0, 0.1) is 12.8 Å². The van der Waals surface area contributed by atoms with Gasteiger partial charge >= 0.3 is 0 Å². The van der Waals surface area contributed by atoms with Crippen LogP contribution >= 0.6 is 27.7 Å². The first-order valence-corrected chi connectivity index (χ1v) is 9.15. The smallest absolute Gasteiger partial charge is 0.232 e. The van der Waals surface area contributed by atoms with Crippen LogP contribution in [0.15, 0.2) is 27.6 Å². The van der Waals surface area contributed by atoms with Crippen molar-refractivity contribution in [3.63, 3.8) is 0 Å². The molecule has 1 saturated heterocycles. The molecule has 1 aliphatic rings. The molecule has 0 radical (unpaired) electrons. The molecule has 1 amide bonds. The minimum absolute atomic E-state index is 0.213. The average molecular weight is 372 g/mol. The van der Waals surface area contributed by atoms with Crippen molar-refractivity contribution in [2.45, 2.75) is 31.1 Å². The van der Waals surface area contributed by atoms with Crippen molar-refractivity contribution >= 4 is 33.6 Å². The molecule has 0 bridgehead atoms. The molecule has 0 aliphatic carbocycles. The fraction of sp³-hybridized carbons (Fsp3) is 0.562. The molecule has 1 aromatic rings. The lowest BCUT2D eigenvalue weighted by Crippen LogP contribution is -2.41. The number of aliphatic hydroxyl groups is 1. The highest BCUT2D eigenvalue weighted by Gasteiger charge is 2.23. The molecule has 0 spiro atoms. The summed E-state index contributed by atoms with van der Waals surface area (Å²) in [4.78, 5) is 15.5. The van der Waals surface area contributed by atoms with E-state index in [1.165, 1.54) is 5.56 Å². The van der Waals surface area contributed by atoms with Crippen LogP contribution < -0.4 is 0 Å². The number of halogens is 1. The summed E-state index contributed by atoms with van der Waals surface area (Å²) >= 11 is 5.07. The summed E-state index contributed by atoms with van der Waals surface area (Å²) in [5.41, 5.74) is 1.19. The van der Waals surface area contributed by atoms with Crippen LogP contribution in [-0.4, -0.2) is 41.4 Å². The van der Waals surface area contributed by atoms with Crippen LogP contribution in [0.1, 0.15) is 24.8 Å². The van der Waals surface area contributed by atoms with Crippen LogP contribution in [0.5, 0.6) is 0 Å². The molecule has 1 aliphatic heterocycles. The van der Waals surface area contributed by atoms with E-state index in [1.54, 1.807) is 11.8 Å². The largest absolute Gasteiger partial charge is 0.396 e. The van der Waals surface area contributed by atoms with E-state index in [4.69, 9.17) is 5.11 Å². The quantitative estimate of drug-likeness (QED) is 0.805. The zero-order valence-electron chi connectivity index (χ0n) is 12.3. The molecule has 0 saturated carbocycles. The average Bonchev–Trinajstić information content (AvgIpc) is 2.47. The fourth-order valence-corrected chi connectivity index (χ4v) is 4.10. The summed E-state index contributed by atoms with van der Waals surface area (Å²) in [6.45, 7) is 3.95. The molecule has 1 heterocycles. The Morgan fingerprint density at radius 1 is 1.52 bits per heavy atom. The van der Waals surface area contributed by atoms with Crippen molar-refractivity contribution in [1.82, 2.24) is 4.90 Å². The number of carbonyl (C=O) groups is 1. The maximum atomic E-state index is 12.3. The Kier molecular flexibility index (Phi) is 6.58. The van der Waals surface area contributed by atoms with Crippen molar-refractivity contribution < 1.29 is 9.90 Å². The van der Waals surface area contributed by atoms with Crippen molar-refractivity contribution in [1.29, 1.82) is 0 Å². The number of benzene rings is 1. The van der Waals surface area contributed by atoms with Gasteiger partial charge in [-0.3, -0.25) is 4.79 Å². The maximum Gasteiger partial charge on any atom is 0.232 e. The monoisotopic (exact) mass is 371 g/mol. The number of aryl methyl sites for hydroxylation is 1. The van der Waals surface area contributed by atoms with Gasteiger partial charge in [0, 0.05) is 29.1 Å². The number of carbonyl (C=O) groups excluding carboxylic acids is 1. The molecule has 21 heavy (non-hydrogen) atoms. The second-order valence-electron chi connectivity index (χ2n) is 5.56. The van der Waals surface area contributed by atoms with Gasteiger partial charge in [-0.2, -0.15) is 0 Å². The predicted molar refractivity (Wildman–Crippen MR) is 90.6 cm³/mol. The Morgan fingerprint density at radius 2 is 2.33 bits per heavy atom. The lowest BCUT2D eigenvalue weighted by Gasteiger charge is -2.32. The zero-order chi connectivity index (χ0) is 15.2. The number of piperidine rings is 1. The summed E-state index contributed by atoms with van der Waals surface area (Å²) < 4.78 is 1.07. The van der Waals surface area contributed by atoms with Gasteiger partial charge in [0.2, 0.25) is 5.91 Å². The van der Waals surface area contributed by atoms with Crippen molar-refractivity contribution in [3.05, 3.63) is 28.2 Å². The fourth-order valence-electron chi connectivity index (χ4n) is 2.72. The molecule has 5 heteroatoms. The minimum Gasteiger partial charge on any atom is -0.396 e. The topological polar surface area (TPSA) is 40.5 Å². The molecule has 0 aromatic heterocycles. The Hall–Kier alpha value is -0.520. The molecular formula is C16H22BrNO2S. The van der Waals surface area contributed by atoms with Crippen molar-refractivity contribution in [2.75, 3.05) is 25.4 Å². The second kappa shape index (κ2) is 8.20. The van der Waals surface area contributed by atoms with E-state index in [2.05, 4.69) is 35.0 Å². The number of amides is 1. The minimum atomic E-state index is 0.213. The number of likely N-dealkylation sites (tertiary alicyclic amines) is 1. The second-order valence-corrected chi connectivity index (χ2v) is 7.49. The Balaban J connectivity index is 1.86. The van der Waals surface area contributed by atoms with Gasteiger partial charge in [0.15, 0.2) is 0 Å². The van der Waals surface area contributed by atoms with Gasteiger partial charge in [0.1, 0.15) is 0 Å². The van der Waals surface area contributed by atoms with Crippen LogP contribution in [0.2, 0.25) is 0 Å². The number of thioether (sulfide) groups is 1. The van der Waals surface area contributed by atoms with Gasteiger partial charge in [-0.25, -0.2) is 0 Å². The SMILES string of the molecule is Cc1cc(Br)ccc1SCC(=O)N1CCCC(CCO)C1. The number of aliphatic hydroxyl groups excluding tert-OH is 1. The third-order valence-corrected chi connectivity index (χ3v) is 5.55. The van der Waals surface area contributed by atoms with Crippen LogP contribution in [-0.2, 0) is 4.79 Å². The van der Waals surface area contributed by atoms with E-state index in [0.717, 1.165) is 41.7 Å². The number of nitrogens with zero attached hydrogens (tertiary/aromatic N) is 1. The Bertz CT molecular complexity index is 493. The van der Waals surface area contributed by atoms with E-state index < -0.39 is 0 Å². The molecule has 1 atom stereocenters. The molecule has 1 fully saturated rings. The lowest BCUT2D eigenvalue weighted by atomic mass is 9.95. The maximum absolute atomic E-state index is 12.3. The van der Waals surface area contributed by atoms with Crippen molar-refractivity contribution in [2.24, 2.45) is 5.92 Å².